The van der Waals surface area contributed by atoms with Crippen LogP contribution in [0.5, 0.6) is 34.5 Å². The van der Waals surface area contributed by atoms with E-state index in [1.54, 1.807) is 96.1 Å². The number of nitrogens with one attached hydrogen (secondary N) is 2. The molecule has 0 fully saturated rings. The molecule has 0 atom stereocenters. The fourth-order valence-electron chi connectivity index (χ4n) is 9.96. The maximum Gasteiger partial charge on any atom is 0.413 e. The molecule has 7 aromatic carbocycles. The van der Waals surface area contributed by atoms with Gasteiger partial charge in [0.1, 0.15) is 95.5 Å². The second kappa shape index (κ2) is 45.5. The molecule has 0 aliphatic heterocycles. The highest BCUT2D eigenvalue weighted by molar-refractivity contribution is 9.11. The number of non-ortho nitro benzene ring substituents is 1. The van der Waals surface area contributed by atoms with Crippen LogP contribution in [0.25, 0.3) is 52.0 Å². The first kappa shape index (κ1) is 99.7. The molecule has 38 nitrogen and oxygen atoms in total. The van der Waals surface area contributed by atoms with E-state index in [1.807, 2.05) is 5.40 Å². The average molecular weight is 1910 g/mol. The predicted molar refractivity (Wildman–Crippen MR) is 468 cm³/mol. The number of nitrogens with zero attached hydrogens (tertiary/aromatic N) is 6. The van der Waals surface area contributed by atoms with Crippen LogP contribution in [-0.2, 0) is 42.7 Å². The number of fused-ring (bicyclic) bond motifs is 4. The van der Waals surface area contributed by atoms with Crippen LogP contribution in [0.3, 0.4) is 0 Å². The first-order valence-electron chi connectivity index (χ1n) is 34.3. The Morgan fingerprint density at radius 1 is 0.484 bits per heavy atom. The molecule has 11 rings (SSSR count). The van der Waals surface area contributed by atoms with Crippen molar-refractivity contribution in [1.82, 2.24) is 19.9 Å². The Hall–Kier alpha value is -12.9. The van der Waals surface area contributed by atoms with Crippen molar-refractivity contribution in [2.75, 3.05) is 119 Å². The molecule has 4 aromatic heterocycles. The number of rotatable bonds is 17. The van der Waals surface area contributed by atoms with Crippen LogP contribution in [0.15, 0.2) is 98.8 Å². The molecule has 0 unspecified atom stereocenters. The number of ether oxygens (including phenoxy) is 14. The number of carbonyl (C=O) groups excluding carboxylic acids is 8. The number of aromatic nitrogens is 4. The second-order valence-electron chi connectivity index (χ2n) is 25.4. The van der Waals surface area contributed by atoms with Crippen LogP contribution >= 0.6 is 89.0 Å². The summed E-state index contributed by atoms with van der Waals surface area (Å²) in [5.74, 6) is -1.81. The summed E-state index contributed by atoms with van der Waals surface area (Å²) in [6.45, 7) is 11.6. The lowest BCUT2D eigenvalue weighted by Crippen LogP contribution is -2.27. The molecule has 11 N–H and O–H groups in total. The third-order valence-electron chi connectivity index (χ3n) is 14.9. The number of nitro groups is 1. The number of amides is 2. The smallest absolute Gasteiger partial charge is 0.413 e. The zero-order valence-electron chi connectivity index (χ0n) is 68.5. The van der Waals surface area contributed by atoms with E-state index >= 15 is 0 Å². The van der Waals surface area contributed by atoms with Gasteiger partial charge in [-0.1, -0.05) is 57.5 Å². The van der Waals surface area contributed by atoms with Gasteiger partial charge >= 0.3 is 48.0 Å². The van der Waals surface area contributed by atoms with Crippen molar-refractivity contribution < 1.29 is 119 Å². The SMILES string of the molecule is CC(=O)O.COC(=O)c1cc(SC#N)c(N)cc1OC.COC(=O)c1cc2sc(N)nc2c(Br)c1OC.COC(=O)c1cc2sc(N)nc2cc1OC.COC(=O)c1cc2sc(NC(=O)OC(C)(C)C)nc2c(-c2cccc([N+](=O)[O-])c2)c1OC.COC(=O)c1cc2sc(NC(=O)OC(C)(C)C)nc2c(Br)c1OC.COC(=O)c1ccc(N)cc1OC. The maximum absolute atomic E-state index is 12.4. The van der Waals surface area contributed by atoms with E-state index in [1.165, 1.54) is 150 Å². The Morgan fingerprint density at radius 2 is 0.869 bits per heavy atom. The number of halogens is 2. The number of benzene rings is 7. The summed E-state index contributed by atoms with van der Waals surface area (Å²) in [4.78, 5) is 131. The van der Waals surface area contributed by atoms with E-state index in [0.29, 0.717) is 129 Å². The topological polar surface area (TPSA) is 550 Å². The molecule has 0 bridgehead atoms. The molecule has 650 valence electrons. The molecule has 0 radical (unpaired) electrons. The van der Waals surface area contributed by atoms with E-state index in [2.05, 4.69) is 76.6 Å². The number of nitriles is 1. The predicted octanol–water partition coefficient (Wildman–Crippen LogP) is 16.1. The highest BCUT2D eigenvalue weighted by Gasteiger charge is 2.29. The minimum absolute atomic E-state index is 0.122. The van der Waals surface area contributed by atoms with Gasteiger partial charge in [-0.05, 0) is 133 Å². The summed E-state index contributed by atoms with van der Waals surface area (Å²) in [5.41, 5.74) is 26.8. The minimum Gasteiger partial charge on any atom is -0.496 e. The zero-order chi connectivity index (χ0) is 91.5. The number of nitrogens with two attached hydrogens (primary N) is 4. The van der Waals surface area contributed by atoms with Gasteiger partial charge in [0.25, 0.3) is 11.7 Å². The summed E-state index contributed by atoms with van der Waals surface area (Å²) in [5, 5.41) is 35.8. The number of carboxylic acid groups (broad SMARTS) is 1. The first-order chi connectivity index (χ1) is 57.5. The third kappa shape index (κ3) is 27.1. The van der Waals surface area contributed by atoms with Gasteiger partial charge in [0.2, 0.25) is 0 Å². The Labute approximate surface area is 732 Å². The maximum atomic E-state index is 12.4. The molecule has 122 heavy (non-hydrogen) atoms. The van der Waals surface area contributed by atoms with E-state index < -0.39 is 70.1 Å². The number of carboxylic acids is 1. The van der Waals surface area contributed by atoms with Crippen LogP contribution in [0.4, 0.5) is 47.2 Å². The fourth-order valence-corrected chi connectivity index (χ4v) is 15.4. The quantitative estimate of drug-likeness (QED) is 0.00846. The van der Waals surface area contributed by atoms with E-state index in [4.69, 9.17) is 90.2 Å². The molecule has 4 heterocycles. The normalized spacial score (nSPS) is 10.4. The summed E-state index contributed by atoms with van der Waals surface area (Å²) in [7, 11) is 16.5. The molecule has 45 heteroatoms. The molecule has 0 spiro atoms. The number of nitro benzene ring substituents is 1. The molecule has 11 aromatic rings. The van der Waals surface area contributed by atoms with Crippen molar-refractivity contribution >= 4 is 221 Å². The van der Waals surface area contributed by atoms with Crippen LogP contribution in [0.1, 0.15) is 111 Å². The van der Waals surface area contributed by atoms with Gasteiger partial charge in [-0.25, -0.2) is 58.3 Å². The number of anilines is 6. The lowest BCUT2D eigenvalue weighted by atomic mass is 9.99. The van der Waals surface area contributed by atoms with Crippen molar-refractivity contribution in [3.8, 4) is 51.0 Å². The number of aliphatic carboxylic acids is 1. The molecule has 0 saturated heterocycles. The van der Waals surface area contributed by atoms with Crippen molar-refractivity contribution in [3.05, 3.63) is 137 Å². The van der Waals surface area contributed by atoms with Crippen LogP contribution < -0.4 is 62.0 Å². The Balaban J connectivity index is 0.000000265. The monoisotopic (exact) mass is 1910 g/mol. The molecule has 0 aliphatic rings. The van der Waals surface area contributed by atoms with Gasteiger partial charge in [0.05, 0.1) is 140 Å². The zero-order valence-corrected chi connectivity index (χ0v) is 75.8. The highest BCUT2D eigenvalue weighted by Crippen LogP contribution is 2.46. The van der Waals surface area contributed by atoms with Gasteiger partial charge < -0.3 is 94.4 Å². The number of thiazole rings is 4. The van der Waals surface area contributed by atoms with Crippen LogP contribution in [-0.4, -0.2) is 180 Å². The van der Waals surface area contributed by atoms with Crippen molar-refractivity contribution in [3.63, 3.8) is 0 Å². The van der Waals surface area contributed by atoms with E-state index in [9.17, 15) is 48.5 Å². The van der Waals surface area contributed by atoms with Gasteiger partial charge in [-0.3, -0.25) is 25.5 Å². The minimum atomic E-state index is -0.833. The van der Waals surface area contributed by atoms with Gasteiger partial charge in [0.15, 0.2) is 20.5 Å². The lowest BCUT2D eigenvalue weighted by Gasteiger charge is -2.18. The first-order valence-corrected chi connectivity index (χ1v) is 39.9. The van der Waals surface area contributed by atoms with Crippen LogP contribution in [0, 0.1) is 20.8 Å². The van der Waals surface area contributed by atoms with Gasteiger partial charge in [-0.2, -0.15) is 5.26 Å². The standard InChI is InChI=1S/C21H21N3O7S.C15H17BrN2O5S.C10H9BrN2O3S.2C10H10N2O3S.C9H11NO3.C2H4O2/c1-21(2,3)31-20(26)23-19-22-16-14(32-19)10-13(18(25)30-5)17(29-4)15(16)11-7-6-8-12(9-11)24(27)28;1-15(2,3)23-14(20)18-13-17-10-8(24-13)6-7(12(19)22-5)11(21-4)9(10)16;1-15-8-4(9(14)16-2)3-5-7(6(8)11)13-10(12)17-5;1-14-7-4-6-8(16-10(11)12-6)3-5(7)9(13)15-2;1-14-8-4-7(12)9(16-5-11)3-6(8)10(13)15-2;1-12-8-5-6(10)3-4-7(8)9(11)13-2;1-2(3)4/h6-10H,1-5H3,(H,22,23,26);6H,1-5H3,(H,17,18,20);3H,1-2H3,(H2,12,13);3-4H,1-2H3,(H2,11,12);3-4H,12H2,1-2H3;3-5H,10H2,1-2H3;1H3,(H,3,4). The largest absolute Gasteiger partial charge is 0.496 e. The number of nitrogen functional groups attached to an aromatic ring is 4. The number of carbonyl (C=O) groups is 9. The number of thioether (sulfide) groups is 1. The number of thiocyanates is 1. The Bertz CT molecular complexity index is 5760. The van der Waals surface area contributed by atoms with E-state index in [0.717, 1.165) is 39.4 Å². The van der Waals surface area contributed by atoms with E-state index in [-0.39, 0.29) is 33.3 Å². The Morgan fingerprint density at radius 3 is 1.31 bits per heavy atom. The average Bonchev–Trinajstić information content (AvgIpc) is 1.57. The summed E-state index contributed by atoms with van der Waals surface area (Å²) in [6, 6.07) is 21.8. The summed E-state index contributed by atoms with van der Waals surface area (Å²) in [6.07, 6.45) is -1.29. The number of hydrogen-bond acceptors (Lipinski definition) is 39. The van der Waals surface area contributed by atoms with Crippen molar-refractivity contribution in [2.24, 2.45) is 0 Å². The number of methoxy groups -OCH3 is 12. The fraction of sp³-hybridized carbons (Fsp3) is 0.273. The van der Waals surface area contributed by atoms with Crippen LogP contribution in [0.2, 0.25) is 0 Å². The lowest BCUT2D eigenvalue weighted by molar-refractivity contribution is -0.384. The van der Waals surface area contributed by atoms with Gasteiger partial charge in [0, 0.05) is 47.8 Å². The van der Waals surface area contributed by atoms with Crippen molar-refractivity contribution in [2.45, 2.75) is 64.6 Å². The summed E-state index contributed by atoms with van der Waals surface area (Å²) >= 11 is 12.6. The molecule has 0 saturated carbocycles. The molecular weight excluding hydrogens is 1830 g/mol. The highest BCUT2D eigenvalue weighted by atomic mass is 79.9. The third-order valence-corrected chi connectivity index (χ3v) is 20.5. The second-order valence-corrected chi connectivity index (χ2v) is 31.9. The molecule has 2 amide bonds. The Kier molecular flexibility index (Phi) is 37.2. The number of hydrogen-bond donors (Lipinski definition) is 7. The molecular formula is C77H82Br2N12O26S5. The van der Waals surface area contributed by atoms with Gasteiger partial charge in [-0.15, -0.1) is 0 Å². The molecule has 0 aliphatic carbocycles. The summed E-state index contributed by atoms with van der Waals surface area (Å²) < 4.78 is 73.7. The van der Waals surface area contributed by atoms with Crippen molar-refractivity contribution in [1.29, 1.82) is 5.26 Å². The number of esters is 6.